The van der Waals surface area contributed by atoms with Gasteiger partial charge in [-0.05, 0) is 12.8 Å². The molecule has 0 aromatic heterocycles. The molecule has 1 aliphatic rings. The third-order valence-corrected chi connectivity index (χ3v) is 1.80. The lowest BCUT2D eigenvalue weighted by Crippen LogP contribution is -2.35. The van der Waals surface area contributed by atoms with Gasteiger partial charge in [0.2, 0.25) is 0 Å². The lowest BCUT2D eigenvalue weighted by molar-refractivity contribution is -0.107. The van der Waals surface area contributed by atoms with Crippen molar-refractivity contribution >= 4 is 6.29 Å². The van der Waals surface area contributed by atoms with Crippen molar-refractivity contribution in [3.63, 3.8) is 0 Å². The van der Waals surface area contributed by atoms with Crippen molar-refractivity contribution in [1.29, 1.82) is 0 Å². The van der Waals surface area contributed by atoms with Crippen LogP contribution in [0.5, 0.6) is 0 Å². The van der Waals surface area contributed by atoms with Crippen LogP contribution in [0.1, 0.15) is 25.7 Å². The summed E-state index contributed by atoms with van der Waals surface area (Å²) >= 11 is 0. The Balaban J connectivity index is 1.85. The lowest BCUT2D eigenvalue weighted by atomic mass is 9.93. The molecule has 1 saturated carbocycles. The Morgan fingerprint density at radius 2 is 2.33 bits per heavy atom. The van der Waals surface area contributed by atoms with E-state index in [1.807, 2.05) is 0 Å². The summed E-state index contributed by atoms with van der Waals surface area (Å²) in [5.41, 5.74) is 0. The van der Waals surface area contributed by atoms with Gasteiger partial charge in [0.15, 0.2) is 0 Å². The van der Waals surface area contributed by atoms with Crippen molar-refractivity contribution in [3.05, 3.63) is 0 Å². The Morgan fingerprint density at radius 3 is 2.78 bits per heavy atom. The summed E-state index contributed by atoms with van der Waals surface area (Å²) in [6, 6.07) is 0.727. The smallest absolute Gasteiger partial charge is 0.121 e. The highest BCUT2D eigenvalue weighted by Crippen LogP contribution is 2.17. The van der Waals surface area contributed by atoms with Gasteiger partial charge in [0.05, 0.1) is 0 Å². The molecule has 52 valence electrons. The van der Waals surface area contributed by atoms with E-state index in [-0.39, 0.29) is 0 Å². The van der Waals surface area contributed by atoms with Crippen LogP contribution in [0.3, 0.4) is 0 Å². The molecule has 0 amide bonds. The predicted octanol–water partition coefficient (Wildman–Crippen LogP) is 0.718. The molecule has 1 rings (SSSR count). The fourth-order valence-electron chi connectivity index (χ4n) is 0.959. The van der Waals surface area contributed by atoms with E-state index >= 15 is 0 Å². The van der Waals surface area contributed by atoms with Crippen molar-refractivity contribution in [2.75, 3.05) is 6.54 Å². The molecule has 0 saturated heterocycles. The number of nitrogens with one attached hydrogen (secondary N) is 1. The van der Waals surface area contributed by atoms with Gasteiger partial charge in [-0.2, -0.15) is 0 Å². The van der Waals surface area contributed by atoms with E-state index in [1.54, 1.807) is 0 Å². The maximum atomic E-state index is 9.85. The van der Waals surface area contributed by atoms with Gasteiger partial charge in [0.1, 0.15) is 6.29 Å². The summed E-state index contributed by atoms with van der Waals surface area (Å²) in [6.07, 6.45) is 5.60. The van der Waals surface area contributed by atoms with E-state index in [4.69, 9.17) is 0 Å². The van der Waals surface area contributed by atoms with Crippen molar-refractivity contribution in [1.82, 2.24) is 5.32 Å². The zero-order valence-electron chi connectivity index (χ0n) is 5.60. The second-order valence-corrected chi connectivity index (χ2v) is 2.54. The van der Waals surface area contributed by atoms with E-state index in [2.05, 4.69) is 5.32 Å². The van der Waals surface area contributed by atoms with Crippen LogP contribution in [0.15, 0.2) is 0 Å². The molecule has 2 heteroatoms. The highest BCUT2D eigenvalue weighted by Gasteiger charge is 2.15. The molecule has 1 fully saturated rings. The van der Waals surface area contributed by atoms with Crippen molar-refractivity contribution in [2.24, 2.45) is 0 Å². The molecule has 0 heterocycles. The number of carbonyl (C=O) groups excluding carboxylic acids is 1. The average Bonchev–Trinajstić information content (AvgIpc) is 1.76. The molecule has 0 unspecified atom stereocenters. The van der Waals surface area contributed by atoms with Gasteiger partial charge < -0.3 is 10.1 Å². The minimum absolute atomic E-state index is 0.663. The first-order chi connectivity index (χ1) is 4.43. The molecule has 0 aromatic carbocycles. The first-order valence-electron chi connectivity index (χ1n) is 3.60. The first kappa shape index (κ1) is 6.75. The Hall–Kier alpha value is -0.370. The van der Waals surface area contributed by atoms with Crippen LogP contribution in [0.2, 0.25) is 0 Å². The predicted molar refractivity (Wildman–Crippen MR) is 36.3 cm³/mol. The fraction of sp³-hybridized carbons (Fsp3) is 0.857. The molecular weight excluding hydrogens is 114 g/mol. The highest BCUT2D eigenvalue weighted by atomic mass is 16.1. The number of hydrogen-bond donors (Lipinski definition) is 1. The van der Waals surface area contributed by atoms with Crippen molar-refractivity contribution < 1.29 is 4.79 Å². The number of carbonyl (C=O) groups is 1. The Bertz CT molecular complexity index is 88.9. The van der Waals surface area contributed by atoms with Crippen LogP contribution in [0.4, 0.5) is 0 Å². The second-order valence-electron chi connectivity index (χ2n) is 2.54. The summed E-state index contributed by atoms with van der Waals surface area (Å²) in [7, 11) is 0. The summed E-state index contributed by atoms with van der Waals surface area (Å²) in [6.45, 7) is 0.869. The Labute approximate surface area is 55.6 Å². The molecule has 1 N–H and O–H groups in total. The molecule has 0 radical (unpaired) electrons. The zero-order chi connectivity index (χ0) is 6.53. The minimum Gasteiger partial charge on any atom is -0.314 e. The molecule has 0 aromatic rings. The molecular formula is C7H13NO. The highest BCUT2D eigenvalue weighted by molar-refractivity contribution is 5.49. The first-order valence-corrected chi connectivity index (χ1v) is 3.60. The van der Waals surface area contributed by atoms with Gasteiger partial charge >= 0.3 is 0 Å². The quantitative estimate of drug-likeness (QED) is 0.445. The average molecular weight is 127 g/mol. The van der Waals surface area contributed by atoms with Crippen LogP contribution in [-0.4, -0.2) is 18.9 Å². The normalized spacial score (nSPS) is 19.1. The molecule has 9 heavy (non-hydrogen) atoms. The third kappa shape index (κ3) is 2.14. The fourth-order valence-corrected chi connectivity index (χ4v) is 0.959. The molecule has 0 aliphatic heterocycles. The van der Waals surface area contributed by atoms with Crippen molar-refractivity contribution in [3.8, 4) is 0 Å². The van der Waals surface area contributed by atoms with E-state index < -0.39 is 0 Å². The van der Waals surface area contributed by atoms with E-state index in [0.717, 1.165) is 18.9 Å². The van der Waals surface area contributed by atoms with Crippen LogP contribution >= 0.6 is 0 Å². The van der Waals surface area contributed by atoms with E-state index in [1.165, 1.54) is 19.3 Å². The van der Waals surface area contributed by atoms with E-state index in [0.29, 0.717) is 6.42 Å². The third-order valence-electron chi connectivity index (χ3n) is 1.80. The lowest BCUT2D eigenvalue weighted by Gasteiger charge is -2.25. The standard InChI is InChI=1S/C7H13NO/c9-6-2-5-8-7-3-1-4-7/h6-8H,1-5H2. The maximum absolute atomic E-state index is 9.85. The van der Waals surface area contributed by atoms with Crippen LogP contribution < -0.4 is 5.32 Å². The van der Waals surface area contributed by atoms with Crippen molar-refractivity contribution in [2.45, 2.75) is 31.7 Å². The summed E-state index contributed by atoms with van der Waals surface area (Å²) in [5.74, 6) is 0. The molecule has 2 nitrogen and oxygen atoms in total. The van der Waals surface area contributed by atoms with Crippen LogP contribution in [0, 0.1) is 0 Å². The van der Waals surface area contributed by atoms with Gasteiger partial charge in [-0.1, -0.05) is 6.42 Å². The number of aldehydes is 1. The summed E-state index contributed by atoms with van der Waals surface area (Å²) < 4.78 is 0. The zero-order valence-corrected chi connectivity index (χ0v) is 5.60. The van der Waals surface area contributed by atoms with Gasteiger partial charge in [0.25, 0.3) is 0 Å². The Kier molecular flexibility index (Phi) is 2.71. The molecule has 1 aliphatic carbocycles. The largest absolute Gasteiger partial charge is 0.314 e. The van der Waals surface area contributed by atoms with Gasteiger partial charge in [-0.25, -0.2) is 0 Å². The Morgan fingerprint density at radius 1 is 1.56 bits per heavy atom. The SMILES string of the molecule is O=CCCNC1CCC1. The second kappa shape index (κ2) is 3.62. The van der Waals surface area contributed by atoms with Gasteiger partial charge in [0, 0.05) is 19.0 Å². The monoisotopic (exact) mass is 127 g/mol. The maximum Gasteiger partial charge on any atom is 0.121 e. The number of hydrogen-bond acceptors (Lipinski definition) is 2. The van der Waals surface area contributed by atoms with Gasteiger partial charge in [-0.15, -0.1) is 0 Å². The molecule has 0 atom stereocenters. The molecule has 0 spiro atoms. The van der Waals surface area contributed by atoms with Crippen LogP contribution in [-0.2, 0) is 4.79 Å². The minimum atomic E-state index is 0.663. The van der Waals surface area contributed by atoms with E-state index in [9.17, 15) is 4.79 Å². The van der Waals surface area contributed by atoms with Gasteiger partial charge in [-0.3, -0.25) is 0 Å². The number of rotatable bonds is 4. The summed E-state index contributed by atoms with van der Waals surface area (Å²) in [5, 5.41) is 3.29. The molecule has 0 bridgehead atoms. The summed E-state index contributed by atoms with van der Waals surface area (Å²) in [4.78, 5) is 9.85. The van der Waals surface area contributed by atoms with Crippen LogP contribution in [0.25, 0.3) is 0 Å². The topological polar surface area (TPSA) is 29.1 Å².